The normalized spacial score (nSPS) is 19.1. The molecule has 0 bridgehead atoms. The lowest BCUT2D eigenvalue weighted by molar-refractivity contribution is -0.121. The highest BCUT2D eigenvalue weighted by Gasteiger charge is 2.18. The van der Waals surface area contributed by atoms with Crippen LogP contribution in [0.5, 0.6) is 0 Å². The van der Waals surface area contributed by atoms with E-state index in [1.54, 1.807) is 0 Å². The van der Waals surface area contributed by atoms with Gasteiger partial charge in [-0.15, -0.1) is 0 Å². The summed E-state index contributed by atoms with van der Waals surface area (Å²) in [6.45, 7) is 6.78. The van der Waals surface area contributed by atoms with Gasteiger partial charge in [-0.05, 0) is 37.6 Å². The van der Waals surface area contributed by atoms with Gasteiger partial charge in [0.2, 0.25) is 5.91 Å². The predicted molar refractivity (Wildman–Crippen MR) is 73.2 cm³/mol. The molecular formula is C14H28N2O2. The van der Waals surface area contributed by atoms with Crippen LogP contribution in [-0.4, -0.2) is 31.7 Å². The van der Waals surface area contributed by atoms with Crippen molar-refractivity contribution < 1.29 is 9.53 Å². The number of unbranched alkanes of at least 4 members (excludes halogenated alkanes) is 1. The summed E-state index contributed by atoms with van der Waals surface area (Å²) < 4.78 is 5.35. The first kappa shape index (κ1) is 15.4. The molecule has 0 saturated carbocycles. The summed E-state index contributed by atoms with van der Waals surface area (Å²) in [5.41, 5.74) is 5.35. The van der Waals surface area contributed by atoms with Crippen molar-refractivity contribution in [2.24, 2.45) is 17.6 Å². The fraction of sp³-hybridized carbons (Fsp3) is 0.929. The average Bonchev–Trinajstić information content (AvgIpc) is 2.34. The Labute approximate surface area is 111 Å². The van der Waals surface area contributed by atoms with E-state index in [1.165, 1.54) is 25.7 Å². The Bertz CT molecular complexity index is 238. The van der Waals surface area contributed by atoms with E-state index in [9.17, 15) is 4.79 Å². The van der Waals surface area contributed by atoms with E-state index in [-0.39, 0.29) is 17.9 Å². The summed E-state index contributed by atoms with van der Waals surface area (Å²) in [6, 6.07) is -0.187. The number of nitrogens with one attached hydrogen (secondary N) is 1. The van der Waals surface area contributed by atoms with Crippen molar-refractivity contribution in [1.29, 1.82) is 0 Å². The van der Waals surface area contributed by atoms with Crippen LogP contribution in [0.2, 0.25) is 0 Å². The Morgan fingerprint density at radius 3 is 2.56 bits per heavy atom. The fourth-order valence-electron chi connectivity index (χ4n) is 2.52. The Morgan fingerprint density at radius 2 is 2.00 bits per heavy atom. The summed E-state index contributed by atoms with van der Waals surface area (Å²) in [6.07, 6.45) is 6.05. The molecule has 0 aromatic rings. The predicted octanol–water partition coefficient (Wildman–Crippen LogP) is 1.68. The Hall–Kier alpha value is -0.610. The second-order valence-corrected chi connectivity index (χ2v) is 5.63. The van der Waals surface area contributed by atoms with Gasteiger partial charge in [0.15, 0.2) is 0 Å². The first-order valence-electron chi connectivity index (χ1n) is 7.21. The van der Waals surface area contributed by atoms with Gasteiger partial charge in [0.1, 0.15) is 0 Å². The smallest absolute Gasteiger partial charge is 0.234 e. The first-order chi connectivity index (χ1) is 8.61. The third kappa shape index (κ3) is 5.83. The molecule has 3 N–H and O–H groups in total. The van der Waals surface area contributed by atoms with Gasteiger partial charge in [-0.1, -0.05) is 26.7 Å². The molecule has 1 saturated heterocycles. The molecule has 4 heteroatoms. The molecule has 0 spiro atoms. The van der Waals surface area contributed by atoms with Crippen molar-refractivity contribution in [3.63, 3.8) is 0 Å². The number of rotatable bonds is 8. The molecule has 1 unspecified atom stereocenters. The second-order valence-electron chi connectivity index (χ2n) is 5.63. The van der Waals surface area contributed by atoms with Gasteiger partial charge in [-0.3, -0.25) is 4.79 Å². The lowest BCUT2D eigenvalue weighted by Crippen LogP contribution is -2.45. The van der Waals surface area contributed by atoms with Gasteiger partial charge >= 0.3 is 0 Å². The van der Waals surface area contributed by atoms with Crippen molar-refractivity contribution in [2.75, 3.05) is 19.8 Å². The van der Waals surface area contributed by atoms with Crippen molar-refractivity contribution in [3.05, 3.63) is 0 Å². The molecule has 0 aromatic carbocycles. The van der Waals surface area contributed by atoms with Crippen LogP contribution in [0.15, 0.2) is 0 Å². The largest absolute Gasteiger partial charge is 0.381 e. The molecule has 106 valence electrons. The maximum absolute atomic E-state index is 11.2. The van der Waals surface area contributed by atoms with Gasteiger partial charge in [0.25, 0.3) is 0 Å². The van der Waals surface area contributed by atoms with E-state index in [1.807, 2.05) is 13.8 Å². The van der Waals surface area contributed by atoms with Crippen LogP contribution in [0.25, 0.3) is 0 Å². The van der Waals surface area contributed by atoms with Gasteiger partial charge < -0.3 is 15.8 Å². The number of hydrogen-bond donors (Lipinski definition) is 2. The lowest BCUT2D eigenvalue weighted by atomic mass is 9.94. The van der Waals surface area contributed by atoms with E-state index in [4.69, 9.17) is 10.5 Å². The van der Waals surface area contributed by atoms with E-state index in [0.717, 1.165) is 32.1 Å². The number of carbonyl (C=O) groups excluding carboxylic acids is 1. The molecule has 1 aliphatic heterocycles. The maximum atomic E-state index is 11.2. The fourth-order valence-corrected chi connectivity index (χ4v) is 2.52. The van der Waals surface area contributed by atoms with E-state index >= 15 is 0 Å². The quantitative estimate of drug-likeness (QED) is 0.649. The molecular weight excluding hydrogens is 228 g/mol. The van der Waals surface area contributed by atoms with E-state index in [2.05, 4.69) is 5.32 Å². The third-order valence-corrected chi connectivity index (χ3v) is 3.72. The minimum atomic E-state index is -0.241. The molecule has 1 atom stereocenters. The lowest BCUT2D eigenvalue weighted by Gasteiger charge is -2.22. The van der Waals surface area contributed by atoms with Crippen molar-refractivity contribution in [3.8, 4) is 0 Å². The molecule has 1 rings (SSSR count). The molecule has 18 heavy (non-hydrogen) atoms. The zero-order valence-corrected chi connectivity index (χ0v) is 11.8. The molecule has 0 radical (unpaired) electrons. The summed E-state index contributed by atoms with van der Waals surface area (Å²) in [5, 5.41) is 3.26. The van der Waals surface area contributed by atoms with E-state index in [0.29, 0.717) is 0 Å². The zero-order valence-electron chi connectivity index (χ0n) is 11.8. The van der Waals surface area contributed by atoms with Gasteiger partial charge in [-0.25, -0.2) is 0 Å². The average molecular weight is 256 g/mol. The van der Waals surface area contributed by atoms with Crippen LogP contribution < -0.4 is 11.1 Å². The summed E-state index contributed by atoms with van der Waals surface area (Å²) in [7, 11) is 0. The SMILES string of the molecule is CC(C)C(NCCCCC1CCOCC1)C(N)=O. The standard InChI is InChI=1S/C14H28N2O2/c1-11(2)13(14(15)17)16-8-4-3-5-12-6-9-18-10-7-12/h11-13,16H,3-10H2,1-2H3,(H2,15,17). The number of carbonyl (C=O) groups is 1. The van der Waals surface area contributed by atoms with Crippen molar-refractivity contribution in [1.82, 2.24) is 5.32 Å². The summed E-state index contributed by atoms with van der Waals surface area (Å²) >= 11 is 0. The van der Waals surface area contributed by atoms with Crippen LogP contribution in [-0.2, 0) is 9.53 Å². The molecule has 0 aliphatic carbocycles. The zero-order chi connectivity index (χ0) is 13.4. The third-order valence-electron chi connectivity index (χ3n) is 3.72. The van der Waals surface area contributed by atoms with Crippen molar-refractivity contribution in [2.45, 2.75) is 52.0 Å². The van der Waals surface area contributed by atoms with Gasteiger partial charge in [0, 0.05) is 13.2 Å². The molecule has 1 aliphatic rings. The van der Waals surface area contributed by atoms with E-state index < -0.39 is 0 Å². The van der Waals surface area contributed by atoms with Crippen LogP contribution in [0.3, 0.4) is 0 Å². The molecule has 1 fully saturated rings. The van der Waals surface area contributed by atoms with Crippen LogP contribution >= 0.6 is 0 Å². The highest BCUT2D eigenvalue weighted by molar-refractivity contribution is 5.80. The minimum absolute atomic E-state index is 0.187. The number of primary amides is 1. The first-order valence-corrected chi connectivity index (χ1v) is 7.21. The van der Waals surface area contributed by atoms with Crippen LogP contribution in [0.4, 0.5) is 0 Å². The molecule has 1 heterocycles. The number of nitrogens with two attached hydrogens (primary N) is 1. The maximum Gasteiger partial charge on any atom is 0.234 e. The Balaban J connectivity index is 2.04. The van der Waals surface area contributed by atoms with Gasteiger partial charge in [0.05, 0.1) is 6.04 Å². The van der Waals surface area contributed by atoms with Crippen LogP contribution in [0.1, 0.15) is 46.0 Å². The highest BCUT2D eigenvalue weighted by Crippen LogP contribution is 2.20. The monoisotopic (exact) mass is 256 g/mol. The topological polar surface area (TPSA) is 64.3 Å². The molecule has 1 amide bonds. The number of hydrogen-bond acceptors (Lipinski definition) is 3. The summed E-state index contributed by atoms with van der Waals surface area (Å²) in [4.78, 5) is 11.2. The summed E-state index contributed by atoms with van der Waals surface area (Å²) in [5.74, 6) is 0.864. The minimum Gasteiger partial charge on any atom is -0.381 e. The second kappa shape index (κ2) is 8.48. The number of ether oxygens (including phenoxy) is 1. The highest BCUT2D eigenvalue weighted by atomic mass is 16.5. The molecule has 0 aromatic heterocycles. The van der Waals surface area contributed by atoms with Gasteiger partial charge in [-0.2, -0.15) is 0 Å². The number of amides is 1. The molecule has 4 nitrogen and oxygen atoms in total. The van der Waals surface area contributed by atoms with Crippen LogP contribution in [0, 0.1) is 11.8 Å². The Morgan fingerprint density at radius 1 is 1.33 bits per heavy atom. The Kier molecular flexibility index (Phi) is 7.28. The van der Waals surface area contributed by atoms with Crippen molar-refractivity contribution >= 4 is 5.91 Å².